The molecule has 0 aromatic heterocycles. The number of rotatable bonds is 1. The molecule has 0 nitrogen and oxygen atoms in total. The molecule has 0 saturated heterocycles. The van der Waals surface area contributed by atoms with Crippen molar-refractivity contribution in [2.75, 3.05) is 0 Å². The summed E-state index contributed by atoms with van der Waals surface area (Å²) in [6, 6.07) is 10.8. The molecule has 0 fully saturated rings. The first kappa shape index (κ1) is 14.0. The van der Waals surface area contributed by atoms with E-state index < -0.39 is 0 Å². The number of fused-ring (bicyclic) bond motifs is 1. The zero-order chi connectivity index (χ0) is 14.4. The minimum absolute atomic E-state index is 0.638. The van der Waals surface area contributed by atoms with Gasteiger partial charge in [-0.3, -0.25) is 0 Å². The van der Waals surface area contributed by atoms with Crippen LogP contribution in [0.25, 0.3) is 17.2 Å². The van der Waals surface area contributed by atoms with Gasteiger partial charge in [0, 0.05) is 0 Å². The van der Waals surface area contributed by atoms with Gasteiger partial charge in [-0.15, -0.1) is 0 Å². The van der Waals surface area contributed by atoms with Gasteiger partial charge in [-0.1, -0.05) is 0 Å². The van der Waals surface area contributed by atoms with E-state index in [1.807, 2.05) is 0 Å². The first-order valence-corrected chi connectivity index (χ1v) is 8.52. The summed E-state index contributed by atoms with van der Waals surface area (Å²) in [6.07, 6.45) is 2.41. The van der Waals surface area contributed by atoms with Gasteiger partial charge in [-0.2, -0.15) is 0 Å². The maximum absolute atomic E-state index is 2.41. The van der Waals surface area contributed by atoms with E-state index >= 15 is 0 Å². The van der Waals surface area contributed by atoms with Crippen molar-refractivity contribution >= 4 is 6.08 Å². The van der Waals surface area contributed by atoms with Crippen LogP contribution in [0.5, 0.6) is 0 Å². The average Bonchev–Trinajstić information content (AvgIpc) is 2.74. The van der Waals surface area contributed by atoms with E-state index in [0.717, 1.165) is 0 Å². The zero-order valence-corrected chi connectivity index (χ0v) is 15.0. The summed E-state index contributed by atoms with van der Waals surface area (Å²) in [4.78, 5) is 0. The molecule has 20 heavy (non-hydrogen) atoms. The number of benzene rings is 2. The summed E-state index contributed by atoms with van der Waals surface area (Å²) < 4.78 is 0.638. The van der Waals surface area contributed by atoms with Crippen LogP contribution in [0.3, 0.4) is 0 Å². The molecule has 1 heteroatoms. The van der Waals surface area contributed by atoms with Crippen LogP contribution in [0, 0.1) is 20.8 Å². The van der Waals surface area contributed by atoms with Crippen LogP contribution >= 0.6 is 0 Å². The molecule has 1 unspecified atom stereocenters. The fourth-order valence-electron chi connectivity index (χ4n) is 3.25. The minimum atomic E-state index is 0.638. The van der Waals surface area contributed by atoms with Gasteiger partial charge in [0.25, 0.3) is 0 Å². The Bertz CT molecular complexity index is 709. The van der Waals surface area contributed by atoms with Crippen molar-refractivity contribution in [3.63, 3.8) is 0 Å². The third-order valence-electron chi connectivity index (χ3n) is 4.64. The molecule has 0 radical (unpaired) electrons. The summed E-state index contributed by atoms with van der Waals surface area (Å²) >= 11 is 1.60. The van der Waals surface area contributed by atoms with Crippen molar-refractivity contribution in [2.45, 2.75) is 31.3 Å². The molecular formula is C19H19Zr. The van der Waals surface area contributed by atoms with Crippen molar-refractivity contribution in [1.29, 1.82) is 0 Å². The molecule has 2 aromatic carbocycles. The number of hydrogen-bond acceptors (Lipinski definition) is 0. The van der Waals surface area contributed by atoms with Crippen molar-refractivity contribution < 1.29 is 24.7 Å². The van der Waals surface area contributed by atoms with Gasteiger partial charge in [0.05, 0.1) is 0 Å². The van der Waals surface area contributed by atoms with Gasteiger partial charge in [0.2, 0.25) is 0 Å². The second-order valence-corrected chi connectivity index (χ2v) is 7.18. The van der Waals surface area contributed by atoms with Crippen LogP contribution in [0.2, 0.25) is 0 Å². The second kappa shape index (κ2) is 5.12. The van der Waals surface area contributed by atoms with Crippen molar-refractivity contribution in [1.82, 2.24) is 0 Å². The van der Waals surface area contributed by atoms with E-state index in [9.17, 15) is 0 Å². The Kier molecular flexibility index (Phi) is 3.59. The predicted molar refractivity (Wildman–Crippen MR) is 82.5 cm³/mol. The second-order valence-electron chi connectivity index (χ2n) is 5.76. The molecule has 1 atom stereocenters. The van der Waals surface area contributed by atoms with Gasteiger partial charge in [0.15, 0.2) is 0 Å². The third-order valence-corrected chi connectivity index (χ3v) is 6.47. The topological polar surface area (TPSA) is 0 Å². The summed E-state index contributed by atoms with van der Waals surface area (Å²) in [5.41, 5.74) is 11.7. The van der Waals surface area contributed by atoms with E-state index in [-0.39, 0.29) is 0 Å². The molecule has 3 rings (SSSR count). The molecule has 0 saturated carbocycles. The van der Waals surface area contributed by atoms with E-state index in [4.69, 9.17) is 0 Å². The van der Waals surface area contributed by atoms with Crippen molar-refractivity contribution in [3.05, 3.63) is 63.7 Å². The molecule has 2 aromatic rings. The van der Waals surface area contributed by atoms with Gasteiger partial charge in [-0.25, -0.2) is 0 Å². The van der Waals surface area contributed by atoms with E-state index in [1.165, 1.54) is 39.0 Å². The Morgan fingerprint density at radius 1 is 0.850 bits per heavy atom. The molecule has 0 amide bonds. The van der Waals surface area contributed by atoms with Crippen LogP contribution in [0.4, 0.5) is 0 Å². The van der Waals surface area contributed by atoms with Crippen molar-refractivity contribution in [2.24, 2.45) is 0 Å². The summed E-state index contributed by atoms with van der Waals surface area (Å²) in [5, 5.41) is 0. The Balaban J connectivity index is 2.40. The molecule has 1 aliphatic carbocycles. The maximum atomic E-state index is 2.41. The number of hydrogen-bond donors (Lipinski definition) is 0. The molecule has 0 N–H and O–H groups in total. The van der Waals surface area contributed by atoms with Gasteiger partial charge in [0.1, 0.15) is 0 Å². The molecule has 0 heterocycles. The SMILES string of the molecule is CC1=Cc2c(-c3ccccc3)c(C)c(C)c(C)c2[CH]1[Zr]. The van der Waals surface area contributed by atoms with E-state index in [1.54, 1.807) is 30.3 Å². The fourth-order valence-corrected chi connectivity index (χ4v) is 4.37. The van der Waals surface area contributed by atoms with Crippen LogP contribution in [-0.2, 0) is 24.7 Å². The molecule has 0 aliphatic heterocycles. The monoisotopic (exact) mass is 337 g/mol. The Hall–Kier alpha value is -0.937. The first-order chi connectivity index (χ1) is 9.52. The third kappa shape index (κ3) is 1.99. The van der Waals surface area contributed by atoms with Gasteiger partial charge >= 0.3 is 137 Å². The van der Waals surface area contributed by atoms with Crippen LogP contribution < -0.4 is 0 Å². The standard InChI is InChI=1S/C19H19.Zr/c1-12-10-17-14(3)13(2)15(4)19(18(17)11-12)16-8-6-5-7-9-16;/h5-11H,1-4H3;. The summed E-state index contributed by atoms with van der Waals surface area (Å²) in [7, 11) is 0. The summed E-state index contributed by atoms with van der Waals surface area (Å²) in [6.45, 7) is 9.11. The van der Waals surface area contributed by atoms with E-state index in [2.05, 4.69) is 64.1 Å². The molecule has 0 spiro atoms. The molecular weight excluding hydrogens is 319 g/mol. The Morgan fingerprint density at radius 2 is 1.50 bits per heavy atom. The van der Waals surface area contributed by atoms with Gasteiger partial charge in [-0.05, 0) is 0 Å². The predicted octanol–water partition coefficient (Wildman–Crippen LogP) is 5.28. The molecule has 0 bridgehead atoms. The van der Waals surface area contributed by atoms with Crippen LogP contribution in [-0.4, -0.2) is 0 Å². The molecule has 99 valence electrons. The zero-order valence-electron chi connectivity index (χ0n) is 12.5. The summed E-state index contributed by atoms with van der Waals surface area (Å²) in [5.74, 6) is 0. The average molecular weight is 339 g/mol. The fraction of sp³-hybridized carbons (Fsp3) is 0.263. The quantitative estimate of drug-likeness (QED) is 0.663. The Labute approximate surface area is 136 Å². The normalized spacial score (nSPS) is 16.9. The molecule has 1 aliphatic rings. The van der Waals surface area contributed by atoms with Gasteiger partial charge < -0.3 is 0 Å². The van der Waals surface area contributed by atoms with Crippen LogP contribution in [0.1, 0.15) is 38.4 Å². The first-order valence-electron chi connectivity index (χ1n) is 7.10. The van der Waals surface area contributed by atoms with Crippen LogP contribution in [0.15, 0.2) is 35.9 Å². The van der Waals surface area contributed by atoms with E-state index in [0.29, 0.717) is 3.63 Å². The number of allylic oxidation sites excluding steroid dienone is 1. The Morgan fingerprint density at radius 3 is 2.15 bits per heavy atom. The van der Waals surface area contributed by atoms with Crippen molar-refractivity contribution in [3.8, 4) is 11.1 Å².